The largest absolute Gasteiger partial charge is 0.476 e. The van der Waals surface area contributed by atoms with E-state index in [2.05, 4.69) is 20.9 Å². The quantitative estimate of drug-likeness (QED) is 0.680. The number of pyridine rings is 1. The molecule has 2 rings (SSSR count). The molecule has 0 aliphatic rings. The first-order valence-corrected chi connectivity index (χ1v) is 5.69. The van der Waals surface area contributed by atoms with Crippen LogP contribution in [0.3, 0.4) is 0 Å². The second-order valence-electron chi connectivity index (χ2n) is 3.62. The molecule has 0 unspecified atom stereocenters. The van der Waals surface area contributed by atoms with Crippen molar-refractivity contribution in [2.24, 2.45) is 0 Å². The lowest BCUT2D eigenvalue weighted by molar-refractivity contribution is -0.383. The highest BCUT2D eigenvalue weighted by Crippen LogP contribution is 2.35. The van der Waals surface area contributed by atoms with Gasteiger partial charge in [0.05, 0.1) is 20.5 Å². The zero-order chi connectivity index (χ0) is 13.4. The van der Waals surface area contributed by atoms with E-state index in [0.29, 0.717) is 10.2 Å². The summed E-state index contributed by atoms with van der Waals surface area (Å²) < 4.78 is 0.440. The number of hydrogen-bond donors (Lipinski definition) is 1. The van der Waals surface area contributed by atoms with Gasteiger partial charge in [-0.2, -0.15) is 0 Å². The van der Waals surface area contributed by atoms with Crippen LogP contribution in [0.4, 0.5) is 5.69 Å². The molecule has 0 bridgehead atoms. The van der Waals surface area contributed by atoms with E-state index >= 15 is 0 Å². The van der Waals surface area contributed by atoms with Crippen molar-refractivity contribution in [2.45, 2.75) is 6.92 Å². The number of nitro benzene ring substituents is 1. The highest BCUT2D eigenvalue weighted by atomic mass is 79.9. The van der Waals surface area contributed by atoms with E-state index in [4.69, 9.17) is 5.11 Å². The molecule has 1 aromatic heterocycles. The third-order valence-electron chi connectivity index (χ3n) is 2.51. The number of fused-ring (bicyclic) bond motifs is 1. The summed E-state index contributed by atoms with van der Waals surface area (Å²) in [4.78, 5) is 25.5. The molecule has 0 atom stereocenters. The van der Waals surface area contributed by atoms with Crippen LogP contribution in [-0.4, -0.2) is 21.0 Å². The van der Waals surface area contributed by atoms with Crippen LogP contribution in [-0.2, 0) is 0 Å². The van der Waals surface area contributed by atoms with Crippen molar-refractivity contribution in [3.8, 4) is 0 Å². The van der Waals surface area contributed by atoms with Gasteiger partial charge in [-0.05, 0) is 22.9 Å². The molecule has 1 heterocycles. The summed E-state index contributed by atoms with van der Waals surface area (Å²) >= 11 is 3.22. The molecule has 92 valence electrons. The lowest BCUT2D eigenvalue weighted by atomic mass is 10.1. The van der Waals surface area contributed by atoms with Crippen molar-refractivity contribution < 1.29 is 14.8 Å². The predicted octanol–water partition coefficient (Wildman–Crippen LogP) is 2.91. The topological polar surface area (TPSA) is 93.3 Å². The van der Waals surface area contributed by atoms with Crippen molar-refractivity contribution in [3.05, 3.63) is 44.2 Å². The van der Waals surface area contributed by atoms with E-state index in [1.807, 2.05) is 0 Å². The first kappa shape index (κ1) is 12.4. The van der Waals surface area contributed by atoms with Crippen LogP contribution in [0.1, 0.15) is 16.2 Å². The second kappa shape index (κ2) is 4.34. The minimum atomic E-state index is -1.21. The van der Waals surface area contributed by atoms with Crippen molar-refractivity contribution in [3.63, 3.8) is 0 Å². The Morgan fingerprint density at radius 3 is 2.72 bits per heavy atom. The number of hydrogen-bond acceptors (Lipinski definition) is 4. The average molecular weight is 311 g/mol. The van der Waals surface area contributed by atoms with Crippen molar-refractivity contribution >= 4 is 38.4 Å². The maximum absolute atomic E-state index is 11.1. The van der Waals surface area contributed by atoms with Crippen LogP contribution in [0.25, 0.3) is 10.8 Å². The van der Waals surface area contributed by atoms with Crippen molar-refractivity contribution in [1.29, 1.82) is 0 Å². The van der Waals surface area contributed by atoms with Crippen LogP contribution in [0.5, 0.6) is 0 Å². The van der Waals surface area contributed by atoms with Gasteiger partial charge in [0.25, 0.3) is 5.69 Å². The number of carboxylic acids is 1. The third kappa shape index (κ3) is 1.82. The SMILES string of the molecule is Cc1nc(C(=O)O)c2cccc([N+](=O)[O-])c2c1Br. The lowest BCUT2D eigenvalue weighted by Gasteiger charge is -2.07. The first-order chi connectivity index (χ1) is 8.43. The molecular weight excluding hydrogens is 304 g/mol. The van der Waals surface area contributed by atoms with E-state index < -0.39 is 10.9 Å². The summed E-state index contributed by atoms with van der Waals surface area (Å²) in [6, 6.07) is 4.28. The van der Waals surface area contributed by atoms with Crippen LogP contribution < -0.4 is 0 Å². The van der Waals surface area contributed by atoms with E-state index in [0.717, 1.165) is 0 Å². The third-order valence-corrected chi connectivity index (χ3v) is 3.48. The molecule has 0 amide bonds. The van der Waals surface area contributed by atoms with Crippen molar-refractivity contribution in [1.82, 2.24) is 4.98 Å². The van der Waals surface area contributed by atoms with Gasteiger partial charge in [0.1, 0.15) is 0 Å². The van der Waals surface area contributed by atoms with Gasteiger partial charge in [-0.25, -0.2) is 9.78 Å². The summed E-state index contributed by atoms with van der Waals surface area (Å²) in [6.45, 7) is 1.59. The molecule has 1 aromatic carbocycles. The molecule has 0 radical (unpaired) electrons. The Morgan fingerprint density at radius 1 is 1.50 bits per heavy atom. The molecule has 7 heteroatoms. The number of carbonyl (C=O) groups is 1. The highest BCUT2D eigenvalue weighted by molar-refractivity contribution is 9.10. The minimum Gasteiger partial charge on any atom is -0.476 e. The van der Waals surface area contributed by atoms with E-state index in [1.165, 1.54) is 18.2 Å². The van der Waals surface area contributed by atoms with Crippen molar-refractivity contribution in [2.75, 3.05) is 0 Å². The molecule has 0 aliphatic heterocycles. The maximum Gasteiger partial charge on any atom is 0.355 e. The highest BCUT2D eigenvalue weighted by Gasteiger charge is 2.21. The lowest BCUT2D eigenvalue weighted by Crippen LogP contribution is -2.04. The summed E-state index contributed by atoms with van der Waals surface area (Å²) in [7, 11) is 0. The Labute approximate surface area is 110 Å². The molecule has 1 N–H and O–H groups in total. The van der Waals surface area contributed by atoms with Gasteiger partial charge in [-0.15, -0.1) is 0 Å². The number of benzene rings is 1. The fraction of sp³-hybridized carbons (Fsp3) is 0.0909. The van der Waals surface area contributed by atoms with Crippen LogP contribution >= 0.6 is 15.9 Å². The number of nitro groups is 1. The Bertz CT molecular complexity index is 672. The summed E-state index contributed by atoms with van der Waals surface area (Å²) in [5.41, 5.74) is 0.0657. The predicted molar refractivity (Wildman–Crippen MR) is 67.8 cm³/mol. The number of aromatic carboxylic acids is 1. The average Bonchev–Trinajstić information content (AvgIpc) is 2.32. The molecule has 6 nitrogen and oxygen atoms in total. The van der Waals surface area contributed by atoms with E-state index in [9.17, 15) is 14.9 Å². The monoisotopic (exact) mass is 310 g/mol. The number of rotatable bonds is 2. The number of carboxylic acid groups (broad SMARTS) is 1. The number of nitrogens with zero attached hydrogens (tertiary/aromatic N) is 2. The Balaban J connectivity index is 3.03. The molecule has 2 aromatic rings. The molecular formula is C11H7BrN2O4. The van der Waals surface area contributed by atoms with Gasteiger partial charge in [-0.3, -0.25) is 10.1 Å². The molecule has 0 fully saturated rings. The first-order valence-electron chi connectivity index (χ1n) is 4.90. The fourth-order valence-corrected chi connectivity index (χ4v) is 2.25. The number of aromatic nitrogens is 1. The number of aryl methyl sites for hydroxylation is 1. The second-order valence-corrected chi connectivity index (χ2v) is 4.41. The van der Waals surface area contributed by atoms with E-state index in [-0.39, 0.29) is 22.2 Å². The standard InChI is InChI=1S/C11H7BrN2O4/c1-5-9(12)8-6(10(13-5)11(15)16)3-2-4-7(8)14(17)18/h2-4H,1H3,(H,15,16). The summed E-state index contributed by atoms with van der Waals surface area (Å²) in [6.07, 6.45) is 0. The Hall–Kier alpha value is -2.02. The number of halogens is 1. The van der Waals surface area contributed by atoms with Gasteiger partial charge >= 0.3 is 5.97 Å². The molecule has 0 saturated carbocycles. The molecule has 0 saturated heterocycles. The van der Waals surface area contributed by atoms with Crippen LogP contribution in [0, 0.1) is 17.0 Å². The fourth-order valence-electron chi connectivity index (χ4n) is 1.74. The zero-order valence-corrected chi connectivity index (χ0v) is 10.8. The van der Waals surface area contributed by atoms with Crippen LogP contribution in [0.15, 0.2) is 22.7 Å². The van der Waals surface area contributed by atoms with Gasteiger partial charge in [-0.1, -0.05) is 12.1 Å². The number of non-ortho nitro benzene ring substituents is 1. The Kier molecular flexibility index (Phi) is 3.00. The summed E-state index contributed by atoms with van der Waals surface area (Å²) in [5, 5.41) is 20.6. The minimum absolute atomic E-state index is 0.146. The van der Waals surface area contributed by atoms with Crippen LogP contribution in [0.2, 0.25) is 0 Å². The van der Waals surface area contributed by atoms with Gasteiger partial charge in [0.15, 0.2) is 5.69 Å². The summed E-state index contributed by atoms with van der Waals surface area (Å²) in [5.74, 6) is -1.21. The maximum atomic E-state index is 11.1. The van der Waals surface area contributed by atoms with Gasteiger partial charge in [0.2, 0.25) is 0 Å². The molecule has 0 aliphatic carbocycles. The van der Waals surface area contributed by atoms with Gasteiger partial charge < -0.3 is 5.11 Å². The van der Waals surface area contributed by atoms with E-state index in [1.54, 1.807) is 6.92 Å². The molecule has 0 spiro atoms. The Morgan fingerprint density at radius 2 is 2.17 bits per heavy atom. The molecule has 18 heavy (non-hydrogen) atoms. The normalized spacial score (nSPS) is 10.6. The van der Waals surface area contributed by atoms with Gasteiger partial charge in [0, 0.05) is 11.5 Å². The zero-order valence-electron chi connectivity index (χ0n) is 9.18. The smallest absolute Gasteiger partial charge is 0.355 e.